The molecule has 1 rings (SSSR count). The largest absolute Gasteiger partial charge is 0.480 e. The molecule has 2 atom stereocenters. The maximum atomic E-state index is 11.9. The first kappa shape index (κ1) is 14.9. The average molecular weight is 257 g/mol. The number of nitrogens with one attached hydrogen (secondary N) is 1. The molecule has 2 N–H and O–H groups in total. The molecular weight excluding hydrogens is 234 g/mol. The Morgan fingerprint density at radius 1 is 1.56 bits per heavy atom. The lowest BCUT2D eigenvalue weighted by molar-refractivity contribution is -0.147. The third-order valence-electron chi connectivity index (χ3n) is 3.52. The number of amides is 1. The molecule has 6 heteroatoms. The number of aliphatic carboxylic acids is 1. The van der Waals surface area contributed by atoms with Crippen molar-refractivity contribution in [2.75, 3.05) is 40.8 Å². The second kappa shape index (κ2) is 6.70. The maximum absolute atomic E-state index is 11.9. The molecule has 2 unspecified atom stereocenters. The number of carbonyl (C=O) groups excluding carboxylic acids is 1. The fourth-order valence-electron chi connectivity index (χ4n) is 2.32. The summed E-state index contributed by atoms with van der Waals surface area (Å²) in [6.07, 6.45) is 2.09. The van der Waals surface area contributed by atoms with Crippen molar-refractivity contribution >= 4 is 11.9 Å². The van der Waals surface area contributed by atoms with Crippen molar-refractivity contribution in [3.05, 3.63) is 0 Å². The van der Waals surface area contributed by atoms with E-state index in [1.807, 2.05) is 0 Å². The number of likely N-dealkylation sites (N-methyl/N-ethyl adjacent to an activating group) is 2. The first-order chi connectivity index (χ1) is 8.45. The minimum atomic E-state index is -1.14. The van der Waals surface area contributed by atoms with Crippen LogP contribution in [-0.2, 0) is 9.59 Å². The van der Waals surface area contributed by atoms with E-state index < -0.39 is 12.0 Å². The van der Waals surface area contributed by atoms with E-state index in [4.69, 9.17) is 5.11 Å². The number of nitrogens with zero attached hydrogens (tertiary/aromatic N) is 2. The first-order valence-electron chi connectivity index (χ1n) is 6.29. The van der Waals surface area contributed by atoms with Gasteiger partial charge in [-0.25, -0.2) is 4.79 Å². The predicted molar refractivity (Wildman–Crippen MR) is 68.3 cm³/mol. The first-order valence-corrected chi connectivity index (χ1v) is 6.29. The SMILES string of the molecule is CNC(C(=O)O)C(=O)N(C)CCC1CCN(C)C1. The van der Waals surface area contributed by atoms with Crippen LogP contribution in [0.4, 0.5) is 0 Å². The molecule has 0 radical (unpaired) electrons. The zero-order valence-electron chi connectivity index (χ0n) is 11.3. The number of likely N-dealkylation sites (tertiary alicyclic amines) is 1. The maximum Gasteiger partial charge on any atom is 0.330 e. The average Bonchev–Trinajstić information content (AvgIpc) is 2.72. The van der Waals surface area contributed by atoms with Gasteiger partial charge in [0.15, 0.2) is 6.04 Å². The summed E-state index contributed by atoms with van der Waals surface area (Å²) in [6, 6.07) is -1.14. The van der Waals surface area contributed by atoms with Crippen LogP contribution in [0, 0.1) is 5.92 Å². The molecule has 1 fully saturated rings. The van der Waals surface area contributed by atoms with Gasteiger partial charge >= 0.3 is 5.97 Å². The lowest BCUT2D eigenvalue weighted by Gasteiger charge is -2.22. The molecule has 0 aliphatic carbocycles. The van der Waals surface area contributed by atoms with Gasteiger partial charge in [0, 0.05) is 20.1 Å². The fourth-order valence-corrected chi connectivity index (χ4v) is 2.32. The summed E-state index contributed by atoms with van der Waals surface area (Å²) in [5.41, 5.74) is 0. The van der Waals surface area contributed by atoms with Crippen molar-refractivity contribution in [2.24, 2.45) is 5.92 Å². The molecule has 0 spiro atoms. The van der Waals surface area contributed by atoms with Crippen molar-refractivity contribution in [3.63, 3.8) is 0 Å². The summed E-state index contributed by atoms with van der Waals surface area (Å²) < 4.78 is 0. The van der Waals surface area contributed by atoms with Crippen LogP contribution in [0.3, 0.4) is 0 Å². The third kappa shape index (κ3) is 3.96. The Kier molecular flexibility index (Phi) is 5.55. The van der Waals surface area contributed by atoms with E-state index >= 15 is 0 Å². The van der Waals surface area contributed by atoms with Crippen molar-refractivity contribution in [1.29, 1.82) is 0 Å². The van der Waals surface area contributed by atoms with Gasteiger partial charge in [-0.1, -0.05) is 0 Å². The highest BCUT2D eigenvalue weighted by atomic mass is 16.4. The molecule has 1 aliphatic heterocycles. The van der Waals surface area contributed by atoms with Crippen LogP contribution in [0.5, 0.6) is 0 Å². The molecule has 0 aromatic rings. The van der Waals surface area contributed by atoms with Crippen molar-refractivity contribution in [1.82, 2.24) is 15.1 Å². The van der Waals surface area contributed by atoms with Crippen LogP contribution in [0.2, 0.25) is 0 Å². The van der Waals surface area contributed by atoms with Crippen LogP contribution < -0.4 is 5.32 Å². The molecule has 104 valence electrons. The van der Waals surface area contributed by atoms with Crippen LogP contribution >= 0.6 is 0 Å². The lowest BCUT2D eigenvalue weighted by Crippen LogP contribution is -2.48. The van der Waals surface area contributed by atoms with Gasteiger partial charge in [0.2, 0.25) is 0 Å². The van der Waals surface area contributed by atoms with E-state index in [-0.39, 0.29) is 5.91 Å². The summed E-state index contributed by atoms with van der Waals surface area (Å²) in [6.45, 7) is 2.79. The number of carboxylic acids is 1. The van der Waals surface area contributed by atoms with Crippen molar-refractivity contribution in [2.45, 2.75) is 18.9 Å². The number of hydrogen-bond acceptors (Lipinski definition) is 4. The highest BCUT2D eigenvalue weighted by Crippen LogP contribution is 2.18. The fraction of sp³-hybridized carbons (Fsp3) is 0.833. The molecule has 6 nitrogen and oxygen atoms in total. The van der Waals surface area contributed by atoms with Crippen LogP contribution in [0.15, 0.2) is 0 Å². The molecule has 0 aromatic heterocycles. The second-order valence-electron chi connectivity index (χ2n) is 5.03. The lowest BCUT2D eigenvalue weighted by atomic mass is 10.0. The minimum Gasteiger partial charge on any atom is -0.480 e. The predicted octanol–water partition coefficient (Wildman–Crippen LogP) is -0.541. The Morgan fingerprint density at radius 2 is 2.22 bits per heavy atom. The highest BCUT2D eigenvalue weighted by Gasteiger charge is 2.28. The number of carbonyl (C=O) groups is 2. The highest BCUT2D eigenvalue weighted by molar-refractivity contribution is 6.00. The van der Waals surface area contributed by atoms with Crippen molar-refractivity contribution in [3.8, 4) is 0 Å². The van der Waals surface area contributed by atoms with Gasteiger partial charge in [-0.05, 0) is 39.4 Å². The van der Waals surface area contributed by atoms with Gasteiger partial charge in [-0.3, -0.25) is 10.1 Å². The van der Waals surface area contributed by atoms with E-state index in [1.165, 1.54) is 11.9 Å². The summed E-state index contributed by atoms with van der Waals surface area (Å²) >= 11 is 0. The van der Waals surface area contributed by atoms with Crippen molar-refractivity contribution < 1.29 is 14.7 Å². The van der Waals surface area contributed by atoms with Crippen LogP contribution in [0.25, 0.3) is 0 Å². The monoisotopic (exact) mass is 257 g/mol. The smallest absolute Gasteiger partial charge is 0.330 e. The van der Waals surface area contributed by atoms with Gasteiger partial charge in [0.1, 0.15) is 0 Å². The van der Waals surface area contributed by atoms with Gasteiger partial charge in [-0.2, -0.15) is 0 Å². The molecular formula is C12H23N3O3. The number of rotatable bonds is 6. The van der Waals surface area contributed by atoms with E-state index in [1.54, 1.807) is 7.05 Å². The molecule has 1 saturated heterocycles. The Hall–Kier alpha value is -1.14. The standard InChI is InChI=1S/C12H23N3O3/c1-13-10(12(17)18)11(16)15(3)7-5-9-4-6-14(2)8-9/h9-10,13H,4-8H2,1-3H3,(H,17,18). The van der Waals surface area contributed by atoms with E-state index in [0.717, 1.165) is 25.9 Å². The molecule has 0 saturated carbocycles. The summed E-state index contributed by atoms with van der Waals surface area (Å²) in [5.74, 6) is -0.894. The number of carboxylic acid groups (broad SMARTS) is 1. The van der Waals surface area contributed by atoms with E-state index in [9.17, 15) is 9.59 Å². The molecule has 18 heavy (non-hydrogen) atoms. The minimum absolute atomic E-state index is 0.378. The topological polar surface area (TPSA) is 72.9 Å². The summed E-state index contributed by atoms with van der Waals surface area (Å²) in [4.78, 5) is 26.5. The summed E-state index contributed by atoms with van der Waals surface area (Å²) in [5, 5.41) is 11.4. The zero-order chi connectivity index (χ0) is 13.7. The zero-order valence-corrected chi connectivity index (χ0v) is 11.3. The van der Waals surface area contributed by atoms with Crippen LogP contribution in [0.1, 0.15) is 12.8 Å². The van der Waals surface area contributed by atoms with Gasteiger partial charge in [0.25, 0.3) is 5.91 Å². The van der Waals surface area contributed by atoms with Gasteiger partial charge < -0.3 is 14.9 Å². The summed E-state index contributed by atoms with van der Waals surface area (Å²) in [7, 11) is 5.24. The Balaban J connectivity index is 2.37. The molecule has 0 aromatic carbocycles. The van der Waals surface area contributed by atoms with Gasteiger partial charge in [-0.15, -0.1) is 0 Å². The molecule has 0 bridgehead atoms. The molecule has 1 amide bonds. The van der Waals surface area contributed by atoms with E-state index in [2.05, 4.69) is 17.3 Å². The van der Waals surface area contributed by atoms with E-state index in [0.29, 0.717) is 12.5 Å². The normalized spacial score (nSPS) is 21.8. The Bertz CT molecular complexity index is 309. The third-order valence-corrected chi connectivity index (χ3v) is 3.52. The Morgan fingerprint density at radius 3 is 2.67 bits per heavy atom. The second-order valence-corrected chi connectivity index (χ2v) is 5.03. The quantitative estimate of drug-likeness (QED) is 0.625. The molecule has 1 heterocycles. The Labute approximate surface area is 108 Å². The van der Waals surface area contributed by atoms with Gasteiger partial charge in [0.05, 0.1) is 0 Å². The molecule has 1 aliphatic rings. The van der Waals surface area contributed by atoms with Crippen LogP contribution in [-0.4, -0.2) is 73.6 Å². The number of hydrogen-bond donors (Lipinski definition) is 2.